The monoisotopic (exact) mass is 342 g/mol. The number of carbonyl (C=O) groups excluding carboxylic acids is 1. The van der Waals surface area contributed by atoms with Crippen LogP contribution in [0.15, 0.2) is 22.6 Å². The fourth-order valence-electron chi connectivity index (χ4n) is 2.72. The van der Waals surface area contributed by atoms with Crippen LogP contribution >= 0.6 is 12.4 Å². The number of hydrogen-bond donors (Lipinski definition) is 2. The van der Waals surface area contributed by atoms with Crippen LogP contribution in [-0.2, 0) is 16.1 Å². The van der Waals surface area contributed by atoms with Crippen LogP contribution in [0.3, 0.4) is 0 Å². The predicted molar refractivity (Wildman–Crippen MR) is 87.2 cm³/mol. The van der Waals surface area contributed by atoms with Gasteiger partial charge in [-0.05, 0) is 32.0 Å². The Bertz CT molecular complexity index is 704. The van der Waals surface area contributed by atoms with E-state index in [1.807, 2.05) is 13.8 Å². The molecule has 1 aliphatic heterocycles. The quantitative estimate of drug-likeness (QED) is 0.898. The van der Waals surface area contributed by atoms with Gasteiger partial charge in [-0.15, -0.1) is 12.4 Å². The maximum Gasteiger partial charge on any atom is 0.240 e. The smallest absolute Gasteiger partial charge is 0.240 e. The highest BCUT2D eigenvalue weighted by atomic mass is 35.5. The standard InChI is InChI=1S/C16H19FN2O3.ClH/c1-9-12-7-11(17)3-4-13(12)22-14(9)8-19-16(20)15-10(2)21-6-5-18-15;/h3-4,7,10,15,18H,5-6,8H2,1-2H3,(H,19,20);1H/t10-,15+;/m1./s1. The zero-order chi connectivity index (χ0) is 15.7. The molecule has 2 aromatic rings. The summed E-state index contributed by atoms with van der Waals surface area (Å²) in [5.41, 5.74) is 1.46. The van der Waals surface area contributed by atoms with Crippen LogP contribution in [-0.4, -0.2) is 31.2 Å². The molecule has 23 heavy (non-hydrogen) atoms. The number of furan rings is 1. The molecule has 1 saturated heterocycles. The van der Waals surface area contributed by atoms with E-state index >= 15 is 0 Å². The van der Waals surface area contributed by atoms with Crippen molar-refractivity contribution in [1.29, 1.82) is 0 Å². The van der Waals surface area contributed by atoms with Crippen molar-refractivity contribution in [3.8, 4) is 0 Å². The van der Waals surface area contributed by atoms with Gasteiger partial charge in [0.1, 0.15) is 23.2 Å². The van der Waals surface area contributed by atoms with E-state index in [9.17, 15) is 9.18 Å². The summed E-state index contributed by atoms with van der Waals surface area (Å²) in [6, 6.07) is 4.04. The Hall–Kier alpha value is -1.63. The number of halogens is 2. The molecule has 2 atom stereocenters. The van der Waals surface area contributed by atoms with Crippen LogP contribution in [0.1, 0.15) is 18.2 Å². The molecule has 0 spiro atoms. The molecule has 1 aliphatic rings. The minimum absolute atomic E-state index is 0. The SMILES string of the molecule is Cc1c(CNC(=O)[C@H]2NCCO[C@@H]2C)oc2ccc(F)cc12.Cl. The second-order valence-electron chi connectivity index (χ2n) is 5.52. The molecule has 1 amide bonds. The average molecular weight is 343 g/mol. The lowest BCUT2D eigenvalue weighted by molar-refractivity contribution is -0.129. The highest BCUT2D eigenvalue weighted by Gasteiger charge is 2.28. The molecule has 3 rings (SSSR count). The van der Waals surface area contributed by atoms with Crippen LogP contribution in [0, 0.1) is 12.7 Å². The summed E-state index contributed by atoms with van der Waals surface area (Å²) in [5, 5.41) is 6.72. The summed E-state index contributed by atoms with van der Waals surface area (Å²) < 4.78 is 24.4. The number of hydrogen-bond acceptors (Lipinski definition) is 4. The number of benzene rings is 1. The molecular formula is C16H20ClFN2O3. The van der Waals surface area contributed by atoms with Gasteiger partial charge < -0.3 is 19.8 Å². The number of amides is 1. The Morgan fingerprint density at radius 1 is 1.48 bits per heavy atom. The number of rotatable bonds is 3. The number of carbonyl (C=O) groups is 1. The van der Waals surface area contributed by atoms with E-state index in [0.717, 1.165) is 10.9 Å². The van der Waals surface area contributed by atoms with E-state index in [1.54, 1.807) is 6.07 Å². The van der Waals surface area contributed by atoms with Crippen molar-refractivity contribution >= 4 is 29.3 Å². The molecule has 0 bridgehead atoms. The van der Waals surface area contributed by atoms with Crippen molar-refractivity contribution in [2.24, 2.45) is 0 Å². The van der Waals surface area contributed by atoms with E-state index in [0.29, 0.717) is 24.5 Å². The average Bonchev–Trinajstić information content (AvgIpc) is 2.82. The Morgan fingerprint density at radius 3 is 3.00 bits per heavy atom. The first-order valence-corrected chi connectivity index (χ1v) is 7.36. The summed E-state index contributed by atoms with van der Waals surface area (Å²) in [5.74, 6) is 0.209. The van der Waals surface area contributed by atoms with Gasteiger partial charge in [0, 0.05) is 17.5 Å². The first-order chi connectivity index (χ1) is 10.6. The van der Waals surface area contributed by atoms with E-state index in [4.69, 9.17) is 9.15 Å². The third-order valence-corrected chi connectivity index (χ3v) is 4.02. The van der Waals surface area contributed by atoms with Crippen molar-refractivity contribution in [2.45, 2.75) is 32.5 Å². The van der Waals surface area contributed by atoms with Gasteiger partial charge in [0.05, 0.1) is 19.3 Å². The van der Waals surface area contributed by atoms with Gasteiger partial charge in [-0.3, -0.25) is 4.79 Å². The molecule has 5 nitrogen and oxygen atoms in total. The Balaban J connectivity index is 0.00000192. The zero-order valence-electron chi connectivity index (χ0n) is 13.0. The van der Waals surface area contributed by atoms with E-state index in [2.05, 4.69) is 10.6 Å². The third-order valence-electron chi connectivity index (χ3n) is 4.02. The lowest BCUT2D eigenvalue weighted by atomic mass is 10.1. The van der Waals surface area contributed by atoms with E-state index in [1.165, 1.54) is 12.1 Å². The molecule has 7 heteroatoms. The summed E-state index contributed by atoms with van der Waals surface area (Å²) in [6.45, 7) is 5.26. The first-order valence-electron chi connectivity index (χ1n) is 7.36. The zero-order valence-corrected chi connectivity index (χ0v) is 13.8. The molecule has 1 aromatic heterocycles. The summed E-state index contributed by atoms with van der Waals surface area (Å²) in [7, 11) is 0. The van der Waals surface area contributed by atoms with Gasteiger partial charge in [-0.2, -0.15) is 0 Å². The topological polar surface area (TPSA) is 63.5 Å². The highest BCUT2D eigenvalue weighted by Crippen LogP contribution is 2.25. The second-order valence-corrected chi connectivity index (χ2v) is 5.52. The summed E-state index contributed by atoms with van der Waals surface area (Å²) >= 11 is 0. The minimum Gasteiger partial charge on any atom is -0.459 e. The highest BCUT2D eigenvalue weighted by molar-refractivity contribution is 5.85. The van der Waals surface area contributed by atoms with Crippen molar-refractivity contribution in [1.82, 2.24) is 10.6 Å². The number of ether oxygens (including phenoxy) is 1. The number of nitrogens with one attached hydrogen (secondary N) is 2. The van der Waals surface area contributed by atoms with Gasteiger partial charge in [0.15, 0.2) is 0 Å². The van der Waals surface area contributed by atoms with E-state index in [-0.39, 0.29) is 42.8 Å². The lowest BCUT2D eigenvalue weighted by Crippen LogP contribution is -2.55. The predicted octanol–water partition coefficient (Wildman–Crippen LogP) is 2.30. The van der Waals surface area contributed by atoms with Gasteiger partial charge in [0.25, 0.3) is 0 Å². The third kappa shape index (κ3) is 3.65. The van der Waals surface area contributed by atoms with Gasteiger partial charge in [-0.1, -0.05) is 0 Å². The largest absolute Gasteiger partial charge is 0.459 e. The second kappa shape index (κ2) is 7.29. The van der Waals surface area contributed by atoms with Gasteiger partial charge in [-0.25, -0.2) is 4.39 Å². The number of morpholine rings is 1. The number of aryl methyl sites for hydroxylation is 1. The van der Waals surface area contributed by atoms with Gasteiger partial charge >= 0.3 is 0 Å². The first kappa shape index (κ1) is 17.7. The number of fused-ring (bicyclic) bond motifs is 1. The maximum absolute atomic E-state index is 13.3. The molecule has 2 N–H and O–H groups in total. The van der Waals surface area contributed by atoms with Crippen molar-refractivity contribution in [3.63, 3.8) is 0 Å². The molecule has 0 unspecified atom stereocenters. The van der Waals surface area contributed by atoms with E-state index < -0.39 is 0 Å². The minimum atomic E-state index is -0.365. The lowest BCUT2D eigenvalue weighted by Gasteiger charge is -2.29. The molecule has 1 aromatic carbocycles. The Morgan fingerprint density at radius 2 is 2.26 bits per heavy atom. The maximum atomic E-state index is 13.3. The Kier molecular flexibility index (Phi) is 5.62. The Labute approximate surface area is 140 Å². The van der Waals surface area contributed by atoms with Crippen molar-refractivity contribution < 1.29 is 18.3 Å². The van der Waals surface area contributed by atoms with Crippen molar-refractivity contribution in [2.75, 3.05) is 13.2 Å². The molecule has 0 radical (unpaired) electrons. The summed E-state index contributed by atoms with van der Waals surface area (Å²) in [4.78, 5) is 12.2. The van der Waals surface area contributed by atoms with Crippen LogP contribution in [0.2, 0.25) is 0 Å². The van der Waals surface area contributed by atoms with Gasteiger partial charge in [0.2, 0.25) is 5.91 Å². The molecular weight excluding hydrogens is 323 g/mol. The molecule has 1 fully saturated rings. The normalized spacial score (nSPS) is 21.0. The van der Waals surface area contributed by atoms with Crippen LogP contribution in [0.25, 0.3) is 11.0 Å². The molecule has 0 aliphatic carbocycles. The van der Waals surface area contributed by atoms with Crippen LogP contribution in [0.5, 0.6) is 0 Å². The van der Waals surface area contributed by atoms with Crippen LogP contribution in [0.4, 0.5) is 4.39 Å². The fourth-order valence-corrected chi connectivity index (χ4v) is 2.72. The molecule has 2 heterocycles. The van der Waals surface area contributed by atoms with Crippen molar-refractivity contribution in [3.05, 3.63) is 35.3 Å². The fraction of sp³-hybridized carbons (Fsp3) is 0.438. The molecule has 0 saturated carbocycles. The van der Waals surface area contributed by atoms with Crippen LogP contribution < -0.4 is 10.6 Å². The summed E-state index contributed by atoms with van der Waals surface area (Å²) in [6.07, 6.45) is -0.167. The molecule has 126 valence electrons.